The van der Waals surface area contributed by atoms with Crippen molar-refractivity contribution in [1.29, 1.82) is 0 Å². The van der Waals surface area contributed by atoms with E-state index in [-0.39, 0.29) is 5.54 Å². The molecule has 0 atom stereocenters. The average molecular weight is 266 g/mol. The number of thiophene rings is 1. The smallest absolute Gasteiger partial charge is 0.0931 e. The van der Waals surface area contributed by atoms with Gasteiger partial charge in [-0.3, -0.25) is 0 Å². The minimum Gasteiger partial charge on any atom is -0.305 e. The highest BCUT2D eigenvalue weighted by molar-refractivity contribution is 7.16. The van der Waals surface area contributed by atoms with Crippen molar-refractivity contribution in [2.24, 2.45) is 0 Å². The van der Waals surface area contributed by atoms with E-state index in [4.69, 9.17) is 23.2 Å². The molecule has 0 aromatic carbocycles. The van der Waals surface area contributed by atoms with Crippen molar-refractivity contribution in [2.75, 3.05) is 5.88 Å². The van der Waals surface area contributed by atoms with Crippen LogP contribution < -0.4 is 5.32 Å². The molecule has 0 unspecified atom stereocenters. The Balaban J connectivity index is 2.54. The summed E-state index contributed by atoms with van der Waals surface area (Å²) in [5.74, 6) is 0.652. The highest BCUT2D eigenvalue weighted by atomic mass is 35.5. The van der Waals surface area contributed by atoms with Gasteiger partial charge >= 0.3 is 0 Å². The van der Waals surface area contributed by atoms with Crippen LogP contribution in [0, 0.1) is 0 Å². The van der Waals surface area contributed by atoms with Gasteiger partial charge in [-0.05, 0) is 25.0 Å². The van der Waals surface area contributed by atoms with Gasteiger partial charge in [-0.15, -0.1) is 22.9 Å². The van der Waals surface area contributed by atoms with E-state index in [2.05, 4.69) is 25.2 Å². The van der Waals surface area contributed by atoms with Gasteiger partial charge in [0.05, 0.1) is 4.34 Å². The standard InChI is InChI=1S/C11H17Cl2NS/c1-3-11(4-2,8-12)14-7-9-5-6-10(13)15-9/h5-6,14H,3-4,7-8H2,1-2H3. The number of alkyl halides is 1. The fourth-order valence-electron chi connectivity index (χ4n) is 1.46. The summed E-state index contributed by atoms with van der Waals surface area (Å²) in [6.07, 6.45) is 2.10. The summed E-state index contributed by atoms with van der Waals surface area (Å²) in [7, 11) is 0. The Kier molecular flexibility index (Phi) is 5.41. The molecule has 0 saturated carbocycles. The van der Waals surface area contributed by atoms with E-state index in [1.807, 2.05) is 6.07 Å². The lowest BCUT2D eigenvalue weighted by molar-refractivity contribution is 0.335. The van der Waals surface area contributed by atoms with Crippen molar-refractivity contribution in [3.63, 3.8) is 0 Å². The van der Waals surface area contributed by atoms with E-state index in [9.17, 15) is 0 Å². The lowest BCUT2D eigenvalue weighted by Gasteiger charge is -2.30. The molecule has 0 spiro atoms. The first-order chi connectivity index (χ1) is 7.15. The second kappa shape index (κ2) is 6.09. The van der Waals surface area contributed by atoms with Crippen molar-refractivity contribution in [2.45, 2.75) is 38.8 Å². The van der Waals surface area contributed by atoms with Crippen LogP contribution in [0.1, 0.15) is 31.6 Å². The predicted octanol–water partition coefficient (Wildman–Crippen LogP) is 4.29. The molecule has 0 radical (unpaired) electrons. The predicted molar refractivity (Wildman–Crippen MR) is 70.2 cm³/mol. The van der Waals surface area contributed by atoms with E-state index < -0.39 is 0 Å². The third-order valence-corrected chi connectivity index (χ3v) is 4.62. The van der Waals surface area contributed by atoms with Crippen LogP contribution in [0.4, 0.5) is 0 Å². The second-order valence-electron chi connectivity index (χ2n) is 3.68. The lowest BCUT2D eigenvalue weighted by Crippen LogP contribution is -2.45. The van der Waals surface area contributed by atoms with Crippen LogP contribution in [-0.2, 0) is 6.54 Å². The fourth-order valence-corrected chi connectivity index (χ4v) is 2.96. The zero-order valence-electron chi connectivity index (χ0n) is 9.15. The van der Waals surface area contributed by atoms with E-state index >= 15 is 0 Å². The van der Waals surface area contributed by atoms with Crippen molar-refractivity contribution in [3.8, 4) is 0 Å². The zero-order chi connectivity index (χ0) is 11.3. The number of hydrogen-bond donors (Lipinski definition) is 1. The van der Waals surface area contributed by atoms with Gasteiger partial charge in [0, 0.05) is 22.8 Å². The van der Waals surface area contributed by atoms with Gasteiger partial charge in [0.25, 0.3) is 0 Å². The van der Waals surface area contributed by atoms with Crippen molar-refractivity contribution in [3.05, 3.63) is 21.3 Å². The topological polar surface area (TPSA) is 12.0 Å². The summed E-state index contributed by atoms with van der Waals surface area (Å²) in [6.45, 7) is 5.19. The van der Waals surface area contributed by atoms with Crippen LogP contribution in [0.15, 0.2) is 12.1 Å². The molecule has 0 aliphatic carbocycles. The fraction of sp³-hybridized carbons (Fsp3) is 0.636. The first kappa shape index (κ1) is 13.3. The molecular formula is C11H17Cl2NS. The lowest BCUT2D eigenvalue weighted by atomic mass is 9.95. The third kappa shape index (κ3) is 3.63. The monoisotopic (exact) mass is 265 g/mol. The molecule has 1 heterocycles. The van der Waals surface area contributed by atoms with Gasteiger partial charge in [0.1, 0.15) is 0 Å². The summed E-state index contributed by atoms with van der Waals surface area (Å²) >= 11 is 13.5. The van der Waals surface area contributed by atoms with Gasteiger partial charge in [-0.1, -0.05) is 25.4 Å². The first-order valence-corrected chi connectivity index (χ1v) is 6.94. The maximum atomic E-state index is 6.01. The highest BCUT2D eigenvalue weighted by Crippen LogP contribution is 2.23. The van der Waals surface area contributed by atoms with Gasteiger partial charge < -0.3 is 5.32 Å². The Morgan fingerprint density at radius 3 is 2.40 bits per heavy atom. The highest BCUT2D eigenvalue weighted by Gasteiger charge is 2.23. The maximum absolute atomic E-state index is 6.01. The van der Waals surface area contributed by atoms with Gasteiger partial charge in [-0.25, -0.2) is 0 Å². The average Bonchev–Trinajstić information content (AvgIpc) is 2.67. The third-order valence-electron chi connectivity index (χ3n) is 2.88. The molecule has 0 saturated heterocycles. The number of hydrogen-bond acceptors (Lipinski definition) is 2. The van der Waals surface area contributed by atoms with Crippen molar-refractivity contribution in [1.82, 2.24) is 5.32 Å². The molecule has 1 nitrogen and oxygen atoms in total. The SMILES string of the molecule is CCC(CC)(CCl)NCc1ccc(Cl)s1. The van der Waals surface area contributed by atoms with Crippen LogP contribution in [0.25, 0.3) is 0 Å². The molecule has 1 aromatic heterocycles. The number of nitrogens with one attached hydrogen (secondary N) is 1. The Hall–Kier alpha value is 0.240. The van der Waals surface area contributed by atoms with Crippen LogP contribution in [0.2, 0.25) is 4.34 Å². The molecule has 0 amide bonds. The Bertz CT molecular complexity index is 286. The van der Waals surface area contributed by atoms with Crippen molar-refractivity contribution >= 4 is 34.5 Å². The summed E-state index contributed by atoms with van der Waals surface area (Å²) in [6, 6.07) is 3.99. The molecule has 1 aromatic rings. The van der Waals surface area contributed by atoms with Crippen LogP contribution in [0.3, 0.4) is 0 Å². The molecule has 0 aliphatic heterocycles. The Morgan fingerprint density at radius 2 is 2.00 bits per heavy atom. The van der Waals surface area contributed by atoms with Gasteiger partial charge in [-0.2, -0.15) is 0 Å². The van der Waals surface area contributed by atoms with E-state index in [0.29, 0.717) is 5.88 Å². The van der Waals surface area contributed by atoms with Crippen molar-refractivity contribution < 1.29 is 0 Å². The molecule has 1 N–H and O–H groups in total. The maximum Gasteiger partial charge on any atom is 0.0931 e. The molecule has 15 heavy (non-hydrogen) atoms. The first-order valence-electron chi connectivity index (χ1n) is 5.21. The summed E-state index contributed by atoms with van der Waals surface area (Å²) in [5.41, 5.74) is 0.0675. The van der Waals surface area contributed by atoms with Crippen LogP contribution in [0.5, 0.6) is 0 Å². The normalized spacial score (nSPS) is 12.0. The minimum atomic E-state index is 0.0675. The molecule has 0 fully saturated rings. The minimum absolute atomic E-state index is 0.0675. The van der Waals surface area contributed by atoms with E-state index in [1.165, 1.54) is 4.88 Å². The number of rotatable bonds is 6. The molecule has 4 heteroatoms. The van der Waals surface area contributed by atoms with E-state index in [0.717, 1.165) is 23.7 Å². The second-order valence-corrected chi connectivity index (χ2v) is 5.75. The van der Waals surface area contributed by atoms with Gasteiger partial charge in [0.15, 0.2) is 0 Å². The summed E-state index contributed by atoms with van der Waals surface area (Å²) in [5, 5.41) is 3.53. The Morgan fingerprint density at radius 1 is 1.33 bits per heavy atom. The largest absolute Gasteiger partial charge is 0.305 e. The molecule has 1 rings (SSSR count). The number of halogens is 2. The summed E-state index contributed by atoms with van der Waals surface area (Å²) < 4.78 is 0.844. The quantitative estimate of drug-likeness (QED) is 0.757. The van der Waals surface area contributed by atoms with E-state index in [1.54, 1.807) is 11.3 Å². The molecule has 0 aliphatic rings. The summed E-state index contributed by atoms with van der Waals surface area (Å²) in [4.78, 5) is 1.26. The molecule has 0 bridgehead atoms. The zero-order valence-corrected chi connectivity index (χ0v) is 11.5. The molecule has 86 valence electrons. The van der Waals surface area contributed by atoms with Gasteiger partial charge in [0.2, 0.25) is 0 Å². The van der Waals surface area contributed by atoms with Crippen LogP contribution >= 0.6 is 34.5 Å². The van der Waals surface area contributed by atoms with Crippen LogP contribution in [-0.4, -0.2) is 11.4 Å². The Labute approximate surface area is 106 Å². The molecular weight excluding hydrogens is 249 g/mol.